The van der Waals surface area contributed by atoms with E-state index in [1.165, 1.54) is 10.8 Å². The second kappa shape index (κ2) is 11.0. The standard InChI is InChI=1S/C28H24Br2N2O2/c1-18-10-11-19(2)23(12-18)15-27(33)32-31-16-20-13-25(29)28(26(30)14-20)34-17-22-8-5-7-21-6-3-4-9-24(21)22/h3-14,16H,15,17H2,1-2H3,(H,32,33)/b31-16+. The maximum atomic E-state index is 12.3. The number of carbonyl (C=O) groups excluding carboxylic acids is 1. The lowest BCUT2D eigenvalue weighted by Gasteiger charge is -2.13. The van der Waals surface area contributed by atoms with Crippen molar-refractivity contribution in [3.63, 3.8) is 0 Å². The second-order valence-electron chi connectivity index (χ2n) is 8.14. The molecule has 1 amide bonds. The average molecular weight is 580 g/mol. The first-order chi connectivity index (χ1) is 16.4. The molecule has 6 heteroatoms. The zero-order chi connectivity index (χ0) is 24.1. The molecule has 0 aromatic heterocycles. The van der Waals surface area contributed by atoms with Gasteiger partial charge in [-0.15, -0.1) is 0 Å². The van der Waals surface area contributed by atoms with E-state index in [1.54, 1.807) is 6.21 Å². The number of hydrazone groups is 1. The molecular weight excluding hydrogens is 556 g/mol. The van der Waals surface area contributed by atoms with Crippen molar-refractivity contribution in [1.29, 1.82) is 0 Å². The molecule has 0 spiro atoms. The van der Waals surface area contributed by atoms with Crippen LogP contribution in [0.1, 0.15) is 27.8 Å². The molecule has 1 N–H and O–H groups in total. The van der Waals surface area contributed by atoms with Crippen molar-refractivity contribution in [2.75, 3.05) is 0 Å². The van der Waals surface area contributed by atoms with E-state index in [1.807, 2.05) is 62.4 Å². The monoisotopic (exact) mass is 578 g/mol. The van der Waals surface area contributed by atoms with Crippen LogP contribution in [-0.2, 0) is 17.8 Å². The van der Waals surface area contributed by atoms with E-state index in [4.69, 9.17) is 4.74 Å². The lowest BCUT2D eigenvalue weighted by Crippen LogP contribution is -2.20. The number of fused-ring (bicyclic) bond motifs is 1. The van der Waals surface area contributed by atoms with Crippen LogP contribution in [0.15, 0.2) is 86.8 Å². The molecule has 4 aromatic carbocycles. The van der Waals surface area contributed by atoms with Crippen LogP contribution in [0.2, 0.25) is 0 Å². The molecular formula is C28H24Br2N2O2. The minimum absolute atomic E-state index is 0.155. The van der Waals surface area contributed by atoms with Crippen LogP contribution in [0.5, 0.6) is 5.75 Å². The van der Waals surface area contributed by atoms with Crippen molar-refractivity contribution < 1.29 is 9.53 Å². The number of rotatable bonds is 7. The van der Waals surface area contributed by atoms with Gasteiger partial charge in [0.15, 0.2) is 0 Å². The van der Waals surface area contributed by atoms with E-state index in [-0.39, 0.29) is 5.91 Å². The molecule has 0 aliphatic carbocycles. The topological polar surface area (TPSA) is 50.7 Å². The van der Waals surface area contributed by atoms with Gasteiger partial charge in [-0.3, -0.25) is 4.79 Å². The number of nitrogens with zero attached hydrogens (tertiary/aromatic N) is 1. The van der Waals surface area contributed by atoms with Crippen LogP contribution < -0.4 is 10.2 Å². The third-order valence-corrected chi connectivity index (χ3v) is 6.71. The molecule has 4 aromatic rings. The average Bonchev–Trinajstić information content (AvgIpc) is 2.81. The third-order valence-electron chi connectivity index (χ3n) is 5.53. The summed E-state index contributed by atoms with van der Waals surface area (Å²) in [5.74, 6) is 0.558. The lowest BCUT2D eigenvalue weighted by molar-refractivity contribution is -0.120. The Balaban J connectivity index is 1.40. The van der Waals surface area contributed by atoms with Gasteiger partial charge in [0.2, 0.25) is 5.91 Å². The summed E-state index contributed by atoms with van der Waals surface area (Å²) in [6, 6.07) is 24.4. The molecule has 34 heavy (non-hydrogen) atoms. The number of hydrogen-bond donors (Lipinski definition) is 1. The summed E-state index contributed by atoms with van der Waals surface area (Å²) < 4.78 is 7.73. The zero-order valence-corrected chi connectivity index (χ0v) is 22.1. The smallest absolute Gasteiger partial charge is 0.244 e. The summed E-state index contributed by atoms with van der Waals surface area (Å²) in [6.45, 7) is 4.47. The Kier molecular flexibility index (Phi) is 7.80. The summed E-state index contributed by atoms with van der Waals surface area (Å²) in [5, 5.41) is 6.49. The summed E-state index contributed by atoms with van der Waals surface area (Å²) in [5.41, 5.74) is 7.79. The van der Waals surface area contributed by atoms with Crippen molar-refractivity contribution in [2.45, 2.75) is 26.9 Å². The molecule has 172 valence electrons. The SMILES string of the molecule is Cc1ccc(C)c(CC(=O)N/N=C/c2cc(Br)c(OCc3cccc4ccccc34)c(Br)c2)c1. The van der Waals surface area contributed by atoms with Gasteiger partial charge in [0.25, 0.3) is 0 Å². The molecule has 0 heterocycles. The van der Waals surface area contributed by atoms with Crippen molar-refractivity contribution in [3.8, 4) is 5.75 Å². The normalized spacial score (nSPS) is 11.2. The largest absolute Gasteiger partial charge is 0.487 e. The zero-order valence-electron chi connectivity index (χ0n) is 18.9. The van der Waals surface area contributed by atoms with Crippen LogP contribution >= 0.6 is 31.9 Å². The predicted molar refractivity (Wildman–Crippen MR) is 145 cm³/mol. The maximum Gasteiger partial charge on any atom is 0.244 e. The number of nitrogens with one attached hydrogen (secondary N) is 1. The molecule has 4 rings (SSSR count). The number of carbonyl (C=O) groups is 1. The van der Waals surface area contributed by atoms with Crippen molar-refractivity contribution in [1.82, 2.24) is 5.43 Å². The Morgan fingerprint density at radius 2 is 1.68 bits per heavy atom. The highest BCUT2D eigenvalue weighted by atomic mass is 79.9. The van der Waals surface area contributed by atoms with Gasteiger partial charge in [-0.25, -0.2) is 5.43 Å². The van der Waals surface area contributed by atoms with Gasteiger partial charge in [-0.1, -0.05) is 66.2 Å². The molecule has 0 saturated carbocycles. The highest BCUT2D eigenvalue weighted by Gasteiger charge is 2.11. The number of hydrogen-bond acceptors (Lipinski definition) is 3. The fourth-order valence-electron chi connectivity index (χ4n) is 3.74. The first-order valence-corrected chi connectivity index (χ1v) is 12.5. The van der Waals surface area contributed by atoms with E-state index in [0.29, 0.717) is 18.8 Å². The minimum atomic E-state index is -0.155. The van der Waals surface area contributed by atoms with Gasteiger partial charge in [0.1, 0.15) is 12.4 Å². The molecule has 0 aliphatic rings. The predicted octanol–water partition coefficient (Wildman–Crippen LogP) is 7.25. The fraction of sp³-hybridized carbons (Fsp3) is 0.143. The van der Waals surface area contributed by atoms with Crippen LogP contribution in [0.25, 0.3) is 10.8 Å². The molecule has 0 aliphatic heterocycles. The van der Waals surface area contributed by atoms with Gasteiger partial charge in [0.05, 0.1) is 21.6 Å². The molecule has 0 bridgehead atoms. The highest BCUT2D eigenvalue weighted by Crippen LogP contribution is 2.35. The number of benzene rings is 4. The number of halogens is 2. The Morgan fingerprint density at radius 3 is 2.47 bits per heavy atom. The van der Waals surface area contributed by atoms with Crippen molar-refractivity contribution in [2.24, 2.45) is 5.10 Å². The van der Waals surface area contributed by atoms with E-state index in [0.717, 1.165) is 36.8 Å². The number of ether oxygens (including phenoxy) is 1. The van der Waals surface area contributed by atoms with Gasteiger partial charge < -0.3 is 4.74 Å². The first-order valence-electron chi connectivity index (χ1n) is 10.9. The van der Waals surface area contributed by atoms with Crippen molar-refractivity contribution >= 4 is 54.8 Å². The van der Waals surface area contributed by atoms with E-state index in [9.17, 15) is 4.79 Å². The van der Waals surface area contributed by atoms with Crippen LogP contribution in [-0.4, -0.2) is 12.1 Å². The third kappa shape index (κ3) is 5.93. The summed E-state index contributed by atoms with van der Waals surface area (Å²) in [6.07, 6.45) is 1.91. The Labute approximate surface area is 216 Å². The Bertz CT molecular complexity index is 1350. The maximum absolute atomic E-state index is 12.3. The van der Waals surface area contributed by atoms with Gasteiger partial charge in [-0.2, -0.15) is 5.10 Å². The van der Waals surface area contributed by atoms with E-state index in [2.05, 4.69) is 66.7 Å². The number of amides is 1. The molecule has 0 radical (unpaired) electrons. The Morgan fingerprint density at radius 1 is 0.941 bits per heavy atom. The minimum Gasteiger partial charge on any atom is -0.487 e. The van der Waals surface area contributed by atoms with Crippen LogP contribution in [0.4, 0.5) is 0 Å². The van der Waals surface area contributed by atoms with E-state index < -0.39 is 0 Å². The van der Waals surface area contributed by atoms with Crippen LogP contribution in [0.3, 0.4) is 0 Å². The highest BCUT2D eigenvalue weighted by molar-refractivity contribution is 9.11. The molecule has 0 atom stereocenters. The van der Waals surface area contributed by atoms with E-state index >= 15 is 0 Å². The van der Waals surface area contributed by atoms with Crippen LogP contribution in [0, 0.1) is 13.8 Å². The second-order valence-corrected chi connectivity index (χ2v) is 9.85. The molecule has 0 fully saturated rings. The lowest BCUT2D eigenvalue weighted by atomic mass is 10.0. The molecule has 0 saturated heterocycles. The van der Waals surface area contributed by atoms with Gasteiger partial charge in [-0.05, 0) is 90.9 Å². The Hall–Kier alpha value is -2.96. The summed E-state index contributed by atoms with van der Waals surface area (Å²) in [4.78, 5) is 12.3. The molecule has 0 unspecified atom stereocenters. The first kappa shape index (κ1) is 24.2. The summed E-state index contributed by atoms with van der Waals surface area (Å²) in [7, 11) is 0. The fourth-order valence-corrected chi connectivity index (χ4v) is 5.19. The number of aryl methyl sites for hydroxylation is 2. The van der Waals surface area contributed by atoms with Gasteiger partial charge >= 0.3 is 0 Å². The summed E-state index contributed by atoms with van der Waals surface area (Å²) >= 11 is 7.19. The van der Waals surface area contributed by atoms with Gasteiger partial charge in [0, 0.05) is 0 Å². The van der Waals surface area contributed by atoms with Crippen molar-refractivity contribution in [3.05, 3.63) is 110 Å². The quantitative estimate of drug-likeness (QED) is 0.185. The molecule has 4 nitrogen and oxygen atoms in total.